The van der Waals surface area contributed by atoms with Crippen LogP contribution in [0.4, 0.5) is 8.78 Å². The molecule has 8 heteroatoms. The molecule has 0 bridgehead atoms. The third-order valence-electron chi connectivity index (χ3n) is 4.73. The van der Waals surface area contributed by atoms with Crippen LogP contribution in [0.1, 0.15) is 16.9 Å². The fourth-order valence-corrected chi connectivity index (χ4v) is 4.13. The summed E-state index contributed by atoms with van der Waals surface area (Å²) < 4.78 is 28.0. The number of carbonyl (C=O) groups excluding carboxylic acids is 2. The molecular formula is C17H21F2N3O2S. The van der Waals surface area contributed by atoms with E-state index >= 15 is 0 Å². The lowest BCUT2D eigenvalue weighted by Crippen LogP contribution is -2.60. The van der Waals surface area contributed by atoms with Gasteiger partial charge < -0.3 is 10.2 Å². The predicted octanol–water partition coefficient (Wildman–Crippen LogP) is 1.64. The number of hydrogen-bond donors (Lipinski definition) is 1. The maximum Gasteiger partial charge on any atom is 0.271 e. The molecule has 1 atom stereocenters. The molecule has 1 fully saturated rings. The lowest BCUT2D eigenvalue weighted by atomic mass is 10.0. The van der Waals surface area contributed by atoms with Crippen LogP contribution in [0.2, 0.25) is 0 Å². The van der Waals surface area contributed by atoms with Crippen LogP contribution in [0.5, 0.6) is 0 Å². The Labute approximate surface area is 149 Å². The molecule has 2 amide bonds. The van der Waals surface area contributed by atoms with Crippen molar-refractivity contribution in [3.63, 3.8) is 0 Å². The summed E-state index contributed by atoms with van der Waals surface area (Å²) in [5, 5.41) is 4.29. The largest absolute Gasteiger partial charge is 0.342 e. The molecule has 1 aromatic rings. The van der Waals surface area contributed by atoms with Gasteiger partial charge in [0.1, 0.15) is 6.04 Å². The summed E-state index contributed by atoms with van der Waals surface area (Å²) in [4.78, 5) is 28.7. The first kappa shape index (κ1) is 18.0. The molecule has 0 aromatic carbocycles. The molecule has 0 saturated carbocycles. The highest BCUT2D eigenvalue weighted by atomic mass is 32.1. The number of likely N-dealkylation sites (tertiary alicyclic amines) is 1. The molecule has 25 heavy (non-hydrogen) atoms. The Morgan fingerprint density at radius 2 is 2.24 bits per heavy atom. The summed E-state index contributed by atoms with van der Waals surface area (Å²) >= 11 is 1.73. The topological polar surface area (TPSA) is 52.7 Å². The van der Waals surface area contributed by atoms with Crippen LogP contribution in [0.15, 0.2) is 24.1 Å². The zero-order valence-corrected chi connectivity index (χ0v) is 14.7. The minimum atomic E-state index is -3.02. The van der Waals surface area contributed by atoms with Crippen LogP contribution in [0, 0.1) is 0 Å². The standard InChI is InChI=1S/C17H21F2N3O2S/c1-2-15(23)20-14-10-22(7-5-17(14,18)19)16(24)11-21-6-3-13-12(9-21)4-8-25-13/h2,4,8,14H,1,3,5-7,9-11H2,(H,20,23). The van der Waals surface area contributed by atoms with Crippen molar-refractivity contribution in [2.45, 2.75) is 31.4 Å². The molecule has 1 N–H and O–H groups in total. The van der Waals surface area contributed by atoms with Crippen molar-refractivity contribution >= 4 is 23.2 Å². The van der Waals surface area contributed by atoms with E-state index in [1.54, 1.807) is 11.3 Å². The van der Waals surface area contributed by atoms with Gasteiger partial charge in [0, 0.05) is 37.5 Å². The second-order valence-electron chi connectivity index (χ2n) is 6.45. The molecule has 3 rings (SSSR count). The molecule has 3 heterocycles. The highest BCUT2D eigenvalue weighted by Crippen LogP contribution is 2.29. The molecule has 1 unspecified atom stereocenters. The summed E-state index contributed by atoms with van der Waals surface area (Å²) in [6, 6.07) is 0.694. The van der Waals surface area contributed by atoms with E-state index in [0.717, 1.165) is 19.0 Å². The van der Waals surface area contributed by atoms with E-state index in [4.69, 9.17) is 0 Å². The molecule has 0 radical (unpaired) electrons. The van der Waals surface area contributed by atoms with Crippen molar-refractivity contribution in [3.05, 3.63) is 34.5 Å². The Balaban J connectivity index is 1.59. The minimum absolute atomic E-state index is 0.00380. The van der Waals surface area contributed by atoms with E-state index in [1.807, 2.05) is 4.90 Å². The fourth-order valence-electron chi connectivity index (χ4n) is 3.25. The van der Waals surface area contributed by atoms with Gasteiger partial charge in [0.25, 0.3) is 5.92 Å². The Kier molecular flexibility index (Phi) is 5.19. The predicted molar refractivity (Wildman–Crippen MR) is 91.6 cm³/mol. The average Bonchev–Trinajstić information content (AvgIpc) is 3.04. The number of hydrogen-bond acceptors (Lipinski definition) is 4. The quantitative estimate of drug-likeness (QED) is 0.821. The van der Waals surface area contributed by atoms with E-state index in [9.17, 15) is 18.4 Å². The van der Waals surface area contributed by atoms with Crippen LogP contribution < -0.4 is 5.32 Å². The normalized spacial score (nSPS) is 23.0. The van der Waals surface area contributed by atoms with Gasteiger partial charge in [-0.15, -0.1) is 11.3 Å². The number of nitrogens with one attached hydrogen (secondary N) is 1. The van der Waals surface area contributed by atoms with Crippen molar-refractivity contribution in [2.24, 2.45) is 0 Å². The molecule has 2 aliphatic rings. The van der Waals surface area contributed by atoms with E-state index in [-0.39, 0.29) is 25.5 Å². The third kappa shape index (κ3) is 4.07. The first-order chi connectivity index (χ1) is 11.9. The van der Waals surface area contributed by atoms with Crippen molar-refractivity contribution in [1.29, 1.82) is 0 Å². The van der Waals surface area contributed by atoms with E-state index in [1.165, 1.54) is 15.3 Å². The van der Waals surface area contributed by atoms with Crippen LogP contribution in [0.25, 0.3) is 0 Å². The second-order valence-corrected chi connectivity index (χ2v) is 7.45. The van der Waals surface area contributed by atoms with Gasteiger partial charge in [0.15, 0.2) is 0 Å². The van der Waals surface area contributed by atoms with Gasteiger partial charge in [0.05, 0.1) is 6.54 Å². The fraction of sp³-hybridized carbons (Fsp3) is 0.529. The summed E-state index contributed by atoms with van der Waals surface area (Å²) in [7, 11) is 0. The molecule has 1 aromatic heterocycles. The number of rotatable bonds is 4. The van der Waals surface area contributed by atoms with Crippen LogP contribution in [-0.2, 0) is 22.6 Å². The first-order valence-electron chi connectivity index (χ1n) is 8.25. The molecule has 1 saturated heterocycles. The summed E-state index contributed by atoms with van der Waals surface area (Å²) in [6.45, 7) is 4.82. The molecular weight excluding hydrogens is 348 g/mol. The average molecular weight is 369 g/mol. The van der Waals surface area contributed by atoms with Crippen LogP contribution in [0.3, 0.4) is 0 Å². The monoisotopic (exact) mass is 369 g/mol. The van der Waals surface area contributed by atoms with Crippen molar-refractivity contribution < 1.29 is 18.4 Å². The van der Waals surface area contributed by atoms with Crippen LogP contribution in [-0.4, -0.2) is 59.8 Å². The number of alkyl halides is 2. The number of nitrogens with zero attached hydrogens (tertiary/aromatic N) is 2. The van der Waals surface area contributed by atoms with Gasteiger partial charge in [-0.1, -0.05) is 6.58 Å². The molecule has 2 aliphatic heterocycles. The number of fused-ring (bicyclic) bond motifs is 1. The Morgan fingerprint density at radius 1 is 1.44 bits per heavy atom. The van der Waals surface area contributed by atoms with Gasteiger partial charge >= 0.3 is 0 Å². The molecule has 0 spiro atoms. The van der Waals surface area contributed by atoms with E-state index in [0.29, 0.717) is 6.54 Å². The number of thiophene rings is 1. The number of amides is 2. The van der Waals surface area contributed by atoms with E-state index < -0.39 is 24.3 Å². The van der Waals surface area contributed by atoms with Gasteiger partial charge in [0.2, 0.25) is 11.8 Å². The second kappa shape index (κ2) is 7.21. The van der Waals surface area contributed by atoms with E-state index in [2.05, 4.69) is 23.3 Å². The first-order valence-corrected chi connectivity index (χ1v) is 9.13. The zero-order valence-electron chi connectivity index (χ0n) is 13.8. The lowest BCUT2D eigenvalue weighted by Gasteiger charge is -2.39. The number of piperidine rings is 1. The van der Waals surface area contributed by atoms with Gasteiger partial charge in [-0.25, -0.2) is 8.78 Å². The molecule has 136 valence electrons. The highest BCUT2D eigenvalue weighted by Gasteiger charge is 2.45. The van der Waals surface area contributed by atoms with Crippen LogP contribution >= 0.6 is 11.3 Å². The van der Waals surface area contributed by atoms with Crippen molar-refractivity contribution in [3.8, 4) is 0 Å². The molecule has 0 aliphatic carbocycles. The van der Waals surface area contributed by atoms with Crippen molar-refractivity contribution in [2.75, 3.05) is 26.2 Å². The van der Waals surface area contributed by atoms with Gasteiger partial charge in [-0.05, 0) is 29.5 Å². The zero-order chi connectivity index (χ0) is 18.0. The Bertz CT molecular complexity index is 677. The Hall–Kier alpha value is -1.80. The Morgan fingerprint density at radius 3 is 3.00 bits per heavy atom. The third-order valence-corrected chi connectivity index (χ3v) is 5.75. The lowest BCUT2D eigenvalue weighted by molar-refractivity contribution is -0.144. The number of carbonyl (C=O) groups is 2. The summed E-state index contributed by atoms with van der Waals surface area (Å²) in [5.41, 5.74) is 1.24. The summed E-state index contributed by atoms with van der Waals surface area (Å²) in [5.74, 6) is -3.85. The van der Waals surface area contributed by atoms with Crippen molar-refractivity contribution in [1.82, 2.24) is 15.1 Å². The van der Waals surface area contributed by atoms with Gasteiger partial charge in [-0.3, -0.25) is 14.5 Å². The SMILES string of the molecule is C=CC(=O)NC1CN(C(=O)CN2CCc3sccc3C2)CCC1(F)F. The maximum absolute atomic E-state index is 14.0. The minimum Gasteiger partial charge on any atom is -0.342 e. The summed E-state index contributed by atoms with van der Waals surface area (Å²) in [6.07, 6.45) is 1.43. The van der Waals surface area contributed by atoms with Gasteiger partial charge in [-0.2, -0.15) is 0 Å². The maximum atomic E-state index is 14.0. The highest BCUT2D eigenvalue weighted by molar-refractivity contribution is 7.10. The number of halogens is 2. The molecule has 5 nitrogen and oxygen atoms in total. The smallest absolute Gasteiger partial charge is 0.271 e.